The van der Waals surface area contributed by atoms with Gasteiger partial charge in [-0.05, 0) is 44.4 Å². The van der Waals surface area contributed by atoms with Gasteiger partial charge in [-0.25, -0.2) is 9.78 Å². The summed E-state index contributed by atoms with van der Waals surface area (Å²) in [5.41, 5.74) is 0.770. The highest BCUT2D eigenvalue weighted by Gasteiger charge is 2.32. The molecule has 3 fully saturated rings. The number of ether oxygens (including phenoxy) is 1. The van der Waals surface area contributed by atoms with Gasteiger partial charge in [0.25, 0.3) is 0 Å². The molecular weight excluding hydrogens is 318 g/mol. The van der Waals surface area contributed by atoms with E-state index in [1.54, 1.807) is 6.20 Å². The first-order valence-electron chi connectivity index (χ1n) is 9.40. The Bertz CT molecular complexity index is 605. The topological polar surface area (TPSA) is 69.7 Å². The molecule has 2 amide bonds. The summed E-state index contributed by atoms with van der Waals surface area (Å²) in [5.74, 6) is 0.865. The number of urea groups is 1. The Balaban J connectivity index is 1.29. The van der Waals surface area contributed by atoms with Crippen LogP contribution in [0.1, 0.15) is 25.7 Å². The quantitative estimate of drug-likeness (QED) is 0.869. The number of carbonyl (C=O) groups excluding carboxylic acids is 1. The summed E-state index contributed by atoms with van der Waals surface area (Å²) in [6.45, 7) is 5.40. The van der Waals surface area contributed by atoms with Crippen LogP contribution >= 0.6 is 0 Å². The van der Waals surface area contributed by atoms with Crippen LogP contribution in [0, 0.1) is 0 Å². The zero-order valence-corrected chi connectivity index (χ0v) is 14.6. The summed E-state index contributed by atoms with van der Waals surface area (Å²) in [4.78, 5) is 21.5. The Hall–Kier alpha value is -1.86. The normalized spacial score (nSPS) is 26.5. The molecule has 0 saturated carbocycles. The molecular formula is C18H27N5O2. The lowest BCUT2D eigenvalue weighted by Crippen LogP contribution is -2.50. The number of hydrogen-bond acceptors (Lipinski definition) is 5. The number of fused-ring (bicyclic) bond motifs is 1. The summed E-state index contributed by atoms with van der Waals surface area (Å²) < 4.78 is 5.89. The van der Waals surface area contributed by atoms with Crippen LogP contribution in [0.3, 0.4) is 0 Å². The highest BCUT2D eigenvalue weighted by Crippen LogP contribution is 2.26. The van der Waals surface area contributed by atoms with Crippen LogP contribution in [0.15, 0.2) is 18.3 Å². The van der Waals surface area contributed by atoms with Crippen molar-refractivity contribution in [2.45, 2.75) is 37.8 Å². The van der Waals surface area contributed by atoms with Crippen molar-refractivity contribution in [3.8, 4) is 0 Å². The molecule has 3 aliphatic heterocycles. The summed E-state index contributed by atoms with van der Waals surface area (Å²) in [6.07, 6.45) is 6.71. The van der Waals surface area contributed by atoms with Gasteiger partial charge in [-0.3, -0.25) is 4.90 Å². The predicted molar refractivity (Wildman–Crippen MR) is 97.0 cm³/mol. The zero-order chi connectivity index (χ0) is 17.1. The van der Waals surface area contributed by atoms with Gasteiger partial charge >= 0.3 is 6.03 Å². The Labute approximate surface area is 148 Å². The lowest BCUT2D eigenvalue weighted by molar-refractivity contribution is -0.0456. The predicted octanol–water partition coefficient (Wildman–Crippen LogP) is 1.67. The molecule has 3 aliphatic rings. The van der Waals surface area contributed by atoms with Gasteiger partial charge in [-0.2, -0.15) is 0 Å². The van der Waals surface area contributed by atoms with Crippen LogP contribution < -0.4 is 15.5 Å². The van der Waals surface area contributed by atoms with Gasteiger partial charge in [0.15, 0.2) is 5.82 Å². The second-order valence-corrected chi connectivity index (χ2v) is 7.15. The summed E-state index contributed by atoms with van der Waals surface area (Å²) in [7, 11) is 0. The molecule has 0 aliphatic carbocycles. The van der Waals surface area contributed by atoms with Gasteiger partial charge in [-0.1, -0.05) is 0 Å². The number of morpholine rings is 1. The van der Waals surface area contributed by atoms with Gasteiger partial charge in [0.1, 0.15) is 0 Å². The lowest BCUT2D eigenvalue weighted by Gasteiger charge is -2.35. The summed E-state index contributed by atoms with van der Waals surface area (Å²) in [5, 5.41) is 5.90. The average molecular weight is 345 g/mol. The van der Waals surface area contributed by atoms with Crippen LogP contribution in [0.5, 0.6) is 0 Å². The number of rotatable bonds is 4. The molecule has 4 rings (SSSR count). The van der Waals surface area contributed by atoms with Crippen molar-refractivity contribution in [3.63, 3.8) is 0 Å². The molecule has 0 bridgehead atoms. The molecule has 136 valence electrons. The fraction of sp³-hybridized carbons (Fsp3) is 0.667. The van der Waals surface area contributed by atoms with E-state index in [0.29, 0.717) is 12.6 Å². The number of nitrogens with zero attached hydrogens (tertiary/aromatic N) is 3. The SMILES string of the molecule is O=C(NC[C@H]1CN2CCC[C@@H]2CO1)Nc1cccnc1N1CCCC1. The molecule has 2 N–H and O–H groups in total. The molecule has 4 heterocycles. The third kappa shape index (κ3) is 3.88. The zero-order valence-electron chi connectivity index (χ0n) is 14.6. The van der Waals surface area contributed by atoms with Gasteiger partial charge in [0.2, 0.25) is 0 Å². The van der Waals surface area contributed by atoms with E-state index in [1.807, 2.05) is 12.1 Å². The van der Waals surface area contributed by atoms with Gasteiger partial charge in [-0.15, -0.1) is 0 Å². The second kappa shape index (κ2) is 7.58. The molecule has 1 aromatic rings. The number of nitrogens with one attached hydrogen (secondary N) is 2. The van der Waals surface area contributed by atoms with Crippen molar-refractivity contribution in [3.05, 3.63) is 18.3 Å². The summed E-state index contributed by atoms with van der Waals surface area (Å²) >= 11 is 0. The van der Waals surface area contributed by atoms with Crippen molar-refractivity contribution in [2.24, 2.45) is 0 Å². The van der Waals surface area contributed by atoms with E-state index < -0.39 is 0 Å². The molecule has 3 saturated heterocycles. The van der Waals surface area contributed by atoms with Crippen LogP contribution in [-0.4, -0.2) is 67.4 Å². The second-order valence-electron chi connectivity index (χ2n) is 7.15. The number of amides is 2. The van der Waals surface area contributed by atoms with Gasteiger partial charge < -0.3 is 20.3 Å². The fourth-order valence-electron chi connectivity index (χ4n) is 4.06. The Kier molecular flexibility index (Phi) is 5.03. The van der Waals surface area contributed by atoms with E-state index >= 15 is 0 Å². The minimum Gasteiger partial charge on any atom is -0.373 e. The molecule has 7 nitrogen and oxygen atoms in total. The molecule has 0 unspecified atom stereocenters. The van der Waals surface area contributed by atoms with Crippen molar-refractivity contribution in [2.75, 3.05) is 49.5 Å². The maximum Gasteiger partial charge on any atom is 0.319 e. The molecule has 25 heavy (non-hydrogen) atoms. The molecule has 0 spiro atoms. The first kappa shape index (κ1) is 16.6. The average Bonchev–Trinajstić information content (AvgIpc) is 3.31. The van der Waals surface area contributed by atoms with E-state index in [9.17, 15) is 4.79 Å². The molecule has 1 aromatic heterocycles. The van der Waals surface area contributed by atoms with E-state index in [1.165, 1.54) is 25.7 Å². The van der Waals surface area contributed by atoms with E-state index in [0.717, 1.165) is 44.3 Å². The highest BCUT2D eigenvalue weighted by molar-refractivity contribution is 5.92. The third-order valence-electron chi connectivity index (χ3n) is 5.39. The van der Waals surface area contributed by atoms with Crippen molar-refractivity contribution in [1.29, 1.82) is 0 Å². The van der Waals surface area contributed by atoms with E-state index in [2.05, 4.69) is 25.4 Å². The number of carbonyl (C=O) groups is 1. The Morgan fingerprint density at radius 3 is 3.04 bits per heavy atom. The largest absolute Gasteiger partial charge is 0.373 e. The van der Waals surface area contributed by atoms with E-state index in [4.69, 9.17) is 4.74 Å². The molecule has 0 radical (unpaired) electrons. The van der Waals surface area contributed by atoms with Crippen LogP contribution in [0.4, 0.5) is 16.3 Å². The molecule has 7 heteroatoms. The first-order chi connectivity index (χ1) is 12.3. The smallest absolute Gasteiger partial charge is 0.319 e. The number of aromatic nitrogens is 1. The van der Waals surface area contributed by atoms with E-state index in [-0.39, 0.29) is 12.1 Å². The minimum atomic E-state index is -0.194. The molecule has 0 aromatic carbocycles. The number of anilines is 2. The van der Waals surface area contributed by atoms with Crippen molar-refractivity contribution >= 4 is 17.5 Å². The first-order valence-corrected chi connectivity index (χ1v) is 9.40. The Morgan fingerprint density at radius 1 is 1.28 bits per heavy atom. The highest BCUT2D eigenvalue weighted by atomic mass is 16.5. The lowest BCUT2D eigenvalue weighted by atomic mass is 10.2. The molecule has 2 atom stereocenters. The maximum absolute atomic E-state index is 12.3. The fourth-order valence-corrected chi connectivity index (χ4v) is 4.06. The number of hydrogen-bond donors (Lipinski definition) is 2. The Morgan fingerprint density at radius 2 is 2.16 bits per heavy atom. The van der Waals surface area contributed by atoms with Gasteiger partial charge in [0.05, 0.1) is 18.4 Å². The standard InChI is InChI=1S/C18H27N5O2/c24-18(20-11-15-12-23-10-4-5-14(23)13-25-15)21-16-6-3-7-19-17(16)22-8-1-2-9-22/h3,6-7,14-15H,1-2,4-5,8-13H2,(H2,20,21,24)/t14-,15+/m1/s1. The third-order valence-corrected chi connectivity index (χ3v) is 5.39. The van der Waals surface area contributed by atoms with Crippen LogP contribution in [0.2, 0.25) is 0 Å². The van der Waals surface area contributed by atoms with Crippen LogP contribution in [0.25, 0.3) is 0 Å². The van der Waals surface area contributed by atoms with Crippen LogP contribution in [-0.2, 0) is 4.74 Å². The summed E-state index contributed by atoms with van der Waals surface area (Å²) in [6, 6.07) is 4.16. The van der Waals surface area contributed by atoms with Crippen molar-refractivity contribution in [1.82, 2.24) is 15.2 Å². The minimum absolute atomic E-state index is 0.0760. The number of pyridine rings is 1. The van der Waals surface area contributed by atoms with Gasteiger partial charge in [0, 0.05) is 38.4 Å². The maximum atomic E-state index is 12.3. The van der Waals surface area contributed by atoms with Crippen molar-refractivity contribution < 1.29 is 9.53 Å². The monoisotopic (exact) mass is 345 g/mol.